The number of carbonyl (C=O) groups is 1. The van der Waals surface area contributed by atoms with Crippen LogP contribution in [0.1, 0.15) is 33.6 Å². The lowest BCUT2D eigenvalue weighted by atomic mass is 9.90. The fraction of sp³-hybridized carbons (Fsp3) is 0.909. The maximum absolute atomic E-state index is 11.5. The van der Waals surface area contributed by atoms with E-state index in [0.717, 1.165) is 19.5 Å². The molecule has 2 N–H and O–H groups in total. The Labute approximate surface area is 99.8 Å². The summed E-state index contributed by atoms with van der Waals surface area (Å²) in [5, 5.41) is 5.90. The molecule has 1 unspecified atom stereocenters. The minimum absolute atomic E-state index is 0. The van der Waals surface area contributed by atoms with Crippen LogP contribution in [0.2, 0.25) is 0 Å². The molecule has 0 fully saturated rings. The lowest BCUT2D eigenvalue weighted by molar-refractivity contribution is -0.122. The smallest absolute Gasteiger partial charge is 0.220 e. The van der Waals surface area contributed by atoms with Crippen molar-refractivity contribution in [2.24, 2.45) is 11.8 Å². The van der Waals surface area contributed by atoms with Gasteiger partial charge in [-0.2, -0.15) is 0 Å². The number of rotatable bonds is 7. The number of carbonyl (C=O) groups excluding carboxylic acids is 1. The Hall–Kier alpha value is -0.280. The first-order chi connectivity index (χ1) is 6.61. The van der Waals surface area contributed by atoms with Gasteiger partial charge in [0.1, 0.15) is 0 Å². The van der Waals surface area contributed by atoms with E-state index < -0.39 is 0 Å². The van der Waals surface area contributed by atoms with Crippen molar-refractivity contribution in [2.45, 2.75) is 33.6 Å². The summed E-state index contributed by atoms with van der Waals surface area (Å²) in [7, 11) is 1.88. The van der Waals surface area contributed by atoms with Gasteiger partial charge in [0.15, 0.2) is 0 Å². The van der Waals surface area contributed by atoms with E-state index in [-0.39, 0.29) is 18.3 Å². The highest BCUT2D eigenvalue weighted by atomic mass is 35.5. The molecule has 0 saturated carbocycles. The number of hydrogen-bond donors (Lipinski definition) is 2. The summed E-state index contributed by atoms with van der Waals surface area (Å²) in [5.41, 5.74) is 0. The van der Waals surface area contributed by atoms with Crippen molar-refractivity contribution in [1.82, 2.24) is 10.6 Å². The number of halogens is 1. The molecule has 0 heterocycles. The Kier molecular flexibility index (Phi) is 11.7. The van der Waals surface area contributed by atoms with Crippen LogP contribution in [0.25, 0.3) is 0 Å². The van der Waals surface area contributed by atoms with Crippen molar-refractivity contribution in [3.8, 4) is 0 Å². The highest BCUT2D eigenvalue weighted by molar-refractivity contribution is 5.85. The molecular formula is C11H25ClN2O. The van der Waals surface area contributed by atoms with E-state index in [2.05, 4.69) is 31.4 Å². The molecule has 0 aromatic carbocycles. The molecule has 1 atom stereocenters. The molecule has 0 aromatic heterocycles. The summed E-state index contributed by atoms with van der Waals surface area (Å²) in [6.45, 7) is 8.06. The average molecular weight is 237 g/mol. The van der Waals surface area contributed by atoms with Gasteiger partial charge in [0.05, 0.1) is 0 Å². The molecule has 4 heteroatoms. The summed E-state index contributed by atoms with van der Waals surface area (Å²) in [4.78, 5) is 11.5. The van der Waals surface area contributed by atoms with E-state index in [1.54, 1.807) is 0 Å². The molecule has 0 aliphatic heterocycles. The van der Waals surface area contributed by atoms with Gasteiger partial charge in [0, 0.05) is 19.5 Å². The monoisotopic (exact) mass is 236 g/mol. The Balaban J connectivity index is 0. The molecule has 3 nitrogen and oxygen atoms in total. The first-order valence-corrected chi connectivity index (χ1v) is 5.53. The zero-order valence-corrected chi connectivity index (χ0v) is 11.1. The zero-order valence-electron chi connectivity index (χ0n) is 10.3. The molecule has 0 aliphatic carbocycles. The van der Waals surface area contributed by atoms with Gasteiger partial charge in [-0.15, -0.1) is 12.4 Å². The average Bonchev–Trinajstić information content (AvgIpc) is 2.14. The second-order valence-electron chi connectivity index (χ2n) is 4.07. The minimum atomic E-state index is 0. The highest BCUT2D eigenvalue weighted by Gasteiger charge is 2.14. The molecule has 15 heavy (non-hydrogen) atoms. The third kappa shape index (κ3) is 8.70. The van der Waals surface area contributed by atoms with Gasteiger partial charge in [0.25, 0.3) is 0 Å². The first-order valence-electron chi connectivity index (χ1n) is 5.53. The topological polar surface area (TPSA) is 41.1 Å². The second kappa shape index (κ2) is 10.2. The van der Waals surface area contributed by atoms with Gasteiger partial charge in [-0.3, -0.25) is 4.79 Å². The van der Waals surface area contributed by atoms with Crippen LogP contribution in [0.5, 0.6) is 0 Å². The summed E-state index contributed by atoms with van der Waals surface area (Å²) in [6, 6.07) is 0. The van der Waals surface area contributed by atoms with E-state index in [9.17, 15) is 4.79 Å². The normalized spacial score (nSPS) is 12.1. The molecule has 0 aliphatic rings. The Bertz CT molecular complexity index is 163. The lowest BCUT2D eigenvalue weighted by Gasteiger charge is -2.18. The molecule has 0 radical (unpaired) electrons. The van der Waals surface area contributed by atoms with Crippen LogP contribution in [-0.4, -0.2) is 26.0 Å². The van der Waals surface area contributed by atoms with E-state index in [4.69, 9.17) is 0 Å². The van der Waals surface area contributed by atoms with Gasteiger partial charge in [-0.25, -0.2) is 0 Å². The van der Waals surface area contributed by atoms with E-state index in [1.165, 1.54) is 0 Å². The van der Waals surface area contributed by atoms with E-state index in [0.29, 0.717) is 18.3 Å². The summed E-state index contributed by atoms with van der Waals surface area (Å²) in [5.74, 6) is 1.29. The fourth-order valence-corrected chi connectivity index (χ4v) is 1.49. The Morgan fingerprint density at radius 1 is 1.27 bits per heavy atom. The van der Waals surface area contributed by atoms with Crippen molar-refractivity contribution in [2.75, 3.05) is 20.1 Å². The summed E-state index contributed by atoms with van der Waals surface area (Å²) < 4.78 is 0. The van der Waals surface area contributed by atoms with Gasteiger partial charge < -0.3 is 10.6 Å². The van der Waals surface area contributed by atoms with Crippen molar-refractivity contribution in [3.63, 3.8) is 0 Å². The molecule has 0 spiro atoms. The van der Waals surface area contributed by atoms with Crippen molar-refractivity contribution >= 4 is 18.3 Å². The zero-order chi connectivity index (χ0) is 11.0. The Morgan fingerprint density at radius 2 is 1.87 bits per heavy atom. The van der Waals surface area contributed by atoms with E-state index >= 15 is 0 Å². The van der Waals surface area contributed by atoms with Crippen molar-refractivity contribution in [1.29, 1.82) is 0 Å². The quantitative estimate of drug-likeness (QED) is 0.662. The number of likely N-dealkylation sites (N-methyl/N-ethyl adjacent to an activating group) is 1. The van der Waals surface area contributed by atoms with E-state index in [1.807, 2.05) is 7.05 Å². The number of nitrogens with one attached hydrogen (secondary N) is 2. The highest BCUT2D eigenvalue weighted by Crippen LogP contribution is 2.18. The third-order valence-electron chi connectivity index (χ3n) is 2.61. The molecule has 0 bridgehead atoms. The van der Waals surface area contributed by atoms with Crippen LogP contribution in [0.3, 0.4) is 0 Å². The molecular weight excluding hydrogens is 212 g/mol. The predicted molar refractivity (Wildman–Crippen MR) is 67.4 cm³/mol. The van der Waals surface area contributed by atoms with Crippen molar-refractivity contribution < 1.29 is 4.79 Å². The summed E-state index contributed by atoms with van der Waals surface area (Å²) in [6.07, 6.45) is 1.75. The molecule has 0 aromatic rings. The molecule has 0 rings (SSSR count). The van der Waals surface area contributed by atoms with Crippen molar-refractivity contribution in [3.05, 3.63) is 0 Å². The van der Waals surface area contributed by atoms with Crippen LogP contribution >= 0.6 is 12.4 Å². The molecule has 1 amide bonds. The third-order valence-corrected chi connectivity index (χ3v) is 2.61. The molecule has 0 saturated heterocycles. The van der Waals surface area contributed by atoms with Crippen LogP contribution < -0.4 is 10.6 Å². The minimum Gasteiger partial charge on any atom is -0.355 e. The van der Waals surface area contributed by atoms with Gasteiger partial charge in [-0.1, -0.05) is 27.2 Å². The SMILES string of the molecule is CCC(CC(=O)NCCNC)C(C)C.Cl. The van der Waals surface area contributed by atoms with Gasteiger partial charge in [0.2, 0.25) is 5.91 Å². The number of amides is 1. The fourth-order valence-electron chi connectivity index (χ4n) is 1.49. The largest absolute Gasteiger partial charge is 0.355 e. The number of hydrogen-bond acceptors (Lipinski definition) is 2. The van der Waals surface area contributed by atoms with Gasteiger partial charge in [-0.05, 0) is 18.9 Å². The van der Waals surface area contributed by atoms with Gasteiger partial charge >= 0.3 is 0 Å². The maximum Gasteiger partial charge on any atom is 0.220 e. The first kappa shape index (κ1) is 17.1. The Morgan fingerprint density at radius 3 is 2.27 bits per heavy atom. The van der Waals surface area contributed by atoms with Crippen LogP contribution in [-0.2, 0) is 4.79 Å². The van der Waals surface area contributed by atoms with Crippen LogP contribution in [0.4, 0.5) is 0 Å². The maximum atomic E-state index is 11.5. The van der Waals surface area contributed by atoms with Crippen LogP contribution in [0, 0.1) is 11.8 Å². The second-order valence-corrected chi connectivity index (χ2v) is 4.07. The predicted octanol–water partition coefficient (Wildman–Crippen LogP) is 1.82. The van der Waals surface area contributed by atoms with Crippen LogP contribution in [0.15, 0.2) is 0 Å². The lowest BCUT2D eigenvalue weighted by Crippen LogP contribution is -2.32. The summed E-state index contributed by atoms with van der Waals surface area (Å²) >= 11 is 0. The standard InChI is InChI=1S/C11H24N2O.ClH/c1-5-10(9(2)3)8-11(14)13-7-6-12-4;/h9-10,12H,5-8H2,1-4H3,(H,13,14);1H. The molecule has 92 valence electrons.